The van der Waals surface area contributed by atoms with E-state index in [1.807, 2.05) is 21.6 Å². The van der Waals surface area contributed by atoms with Crippen molar-refractivity contribution in [1.82, 2.24) is 0 Å². The number of halogens is 1. The van der Waals surface area contributed by atoms with Crippen LogP contribution in [-0.4, -0.2) is 15.9 Å². The molecule has 134 valence electrons. The second-order valence-electron chi connectivity index (χ2n) is 7.44. The molecule has 0 aromatic rings. The lowest BCUT2D eigenvalue weighted by Crippen LogP contribution is -2.20. The van der Waals surface area contributed by atoms with E-state index in [-0.39, 0.29) is 0 Å². The monoisotopic (exact) mass is 366 g/mol. The van der Waals surface area contributed by atoms with E-state index in [2.05, 4.69) is 34.6 Å². The molecular weight excluding hydrogens is 328 g/mol. The van der Waals surface area contributed by atoms with Gasteiger partial charge in [-0.3, -0.25) is 0 Å². The summed E-state index contributed by atoms with van der Waals surface area (Å²) in [5, 5.41) is 0.620. The summed E-state index contributed by atoms with van der Waals surface area (Å²) in [4.78, 5) is 0. The summed E-state index contributed by atoms with van der Waals surface area (Å²) >= 11 is 6.34. The average molecular weight is 367 g/mol. The van der Waals surface area contributed by atoms with Crippen LogP contribution in [0.1, 0.15) is 98.8 Å². The van der Waals surface area contributed by atoms with E-state index in [4.69, 9.17) is 11.6 Å². The van der Waals surface area contributed by atoms with Gasteiger partial charge in [-0.2, -0.15) is 0 Å². The highest BCUT2D eigenvalue weighted by Crippen LogP contribution is 2.42. The van der Waals surface area contributed by atoms with Crippen LogP contribution in [-0.2, 0) is 0 Å². The normalized spacial score (nSPS) is 13.8. The van der Waals surface area contributed by atoms with Crippen LogP contribution in [0.15, 0.2) is 0 Å². The number of unbranched alkanes of at least 4 members (excludes halogenated alkanes) is 6. The molecular formula is C19H39ClS2. The second-order valence-corrected chi connectivity index (χ2v) is 11.0. The maximum atomic E-state index is 6.34. The zero-order valence-electron chi connectivity index (χ0n) is 15.6. The zero-order valence-corrected chi connectivity index (χ0v) is 18.0. The summed E-state index contributed by atoms with van der Waals surface area (Å²) in [6, 6.07) is 0. The largest absolute Gasteiger partial charge is 0.125 e. The van der Waals surface area contributed by atoms with Gasteiger partial charge in [0.25, 0.3) is 0 Å². The molecule has 0 amide bonds. The summed E-state index contributed by atoms with van der Waals surface area (Å²) < 4.78 is 0.323. The lowest BCUT2D eigenvalue weighted by atomic mass is 9.92. The standard InChI is InChI=1S/C19H39ClS2/c1-6-8-10-12-14-17(15-13-11-9-7-2)18(16-20)21-22-19(3,4)5/h17-18H,6-16H2,1-5H3. The van der Waals surface area contributed by atoms with Crippen LogP contribution in [0.2, 0.25) is 0 Å². The first-order chi connectivity index (χ1) is 10.4. The fourth-order valence-corrected chi connectivity index (χ4v) is 6.09. The van der Waals surface area contributed by atoms with Gasteiger partial charge < -0.3 is 0 Å². The highest BCUT2D eigenvalue weighted by atomic mass is 35.5. The minimum absolute atomic E-state index is 0.323. The van der Waals surface area contributed by atoms with E-state index in [1.165, 1.54) is 64.2 Å². The van der Waals surface area contributed by atoms with Gasteiger partial charge in [-0.1, -0.05) is 108 Å². The molecule has 0 fully saturated rings. The molecule has 1 unspecified atom stereocenters. The predicted octanol–water partition coefficient (Wildman–Crippen LogP) is 8.33. The van der Waals surface area contributed by atoms with Crippen LogP contribution in [0.4, 0.5) is 0 Å². The molecule has 0 radical (unpaired) electrons. The van der Waals surface area contributed by atoms with Crippen molar-refractivity contribution in [2.45, 2.75) is 109 Å². The van der Waals surface area contributed by atoms with Gasteiger partial charge in [-0.05, 0) is 18.8 Å². The SMILES string of the molecule is CCCCCCC(CCCCCC)C(CCl)SSC(C)(C)C. The second kappa shape index (κ2) is 14.3. The van der Waals surface area contributed by atoms with E-state index in [0.717, 1.165) is 11.8 Å². The molecule has 0 aliphatic carbocycles. The Morgan fingerprint density at radius 3 is 1.68 bits per heavy atom. The molecule has 0 aliphatic rings. The molecule has 0 saturated carbocycles. The topological polar surface area (TPSA) is 0 Å². The Bertz CT molecular complexity index is 226. The molecule has 1 atom stereocenters. The van der Waals surface area contributed by atoms with Crippen LogP contribution in [0.25, 0.3) is 0 Å². The molecule has 3 heteroatoms. The fourth-order valence-electron chi connectivity index (χ4n) is 2.62. The molecule has 0 N–H and O–H groups in total. The predicted molar refractivity (Wildman–Crippen MR) is 110 cm³/mol. The lowest BCUT2D eigenvalue weighted by Gasteiger charge is -2.27. The van der Waals surface area contributed by atoms with Gasteiger partial charge in [0.1, 0.15) is 0 Å². The van der Waals surface area contributed by atoms with Crippen LogP contribution in [0.5, 0.6) is 0 Å². The Kier molecular flexibility index (Phi) is 15.0. The average Bonchev–Trinajstić information content (AvgIpc) is 2.46. The summed E-state index contributed by atoms with van der Waals surface area (Å²) in [5.74, 6) is 1.62. The van der Waals surface area contributed by atoms with Crippen LogP contribution in [0, 0.1) is 5.92 Å². The van der Waals surface area contributed by atoms with Gasteiger partial charge in [0.15, 0.2) is 0 Å². The van der Waals surface area contributed by atoms with Gasteiger partial charge in [-0.25, -0.2) is 0 Å². The van der Waals surface area contributed by atoms with Gasteiger partial charge in [0, 0.05) is 15.9 Å². The van der Waals surface area contributed by atoms with Crippen molar-refractivity contribution in [3.8, 4) is 0 Å². The van der Waals surface area contributed by atoms with Crippen molar-refractivity contribution < 1.29 is 0 Å². The molecule has 0 bridgehead atoms. The number of rotatable bonds is 14. The van der Waals surface area contributed by atoms with Crippen molar-refractivity contribution in [2.24, 2.45) is 5.92 Å². The van der Waals surface area contributed by atoms with Crippen molar-refractivity contribution >= 4 is 33.2 Å². The van der Waals surface area contributed by atoms with Gasteiger partial charge in [-0.15, -0.1) is 11.6 Å². The maximum Gasteiger partial charge on any atom is 0.0353 e. The zero-order chi connectivity index (χ0) is 16.8. The first-order valence-corrected chi connectivity index (χ1v) is 12.1. The van der Waals surface area contributed by atoms with Crippen LogP contribution >= 0.6 is 33.2 Å². The Morgan fingerprint density at radius 1 is 0.818 bits per heavy atom. The van der Waals surface area contributed by atoms with E-state index in [0.29, 0.717) is 10.00 Å². The summed E-state index contributed by atoms with van der Waals surface area (Å²) in [6.07, 6.45) is 13.8. The van der Waals surface area contributed by atoms with E-state index in [1.54, 1.807) is 0 Å². The molecule has 0 aromatic carbocycles. The third kappa shape index (κ3) is 13.4. The maximum absolute atomic E-state index is 6.34. The lowest BCUT2D eigenvalue weighted by molar-refractivity contribution is 0.406. The first-order valence-electron chi connectivity index (χ1n) is 9.35. The first kappa shape index (κ1) is 23.0. The molecule has 0 nitrogen and oxygen atoms in total. The van der Waals surface area contributed by atoms with Gasteiger partial charge in [0.05, 0.1) is 0 Å². The van der Waals surface area contributed by atoms with Crippen molar-refractivity contribution in [3.63, 3.8) is 0 Å². The Morgan fingerprint density at radius 2 is 1.32 bits per heavy atom. The van der Waals surface area contributed by atoms with Crippen LogP contribution < -0.4 is 0 Å². The summed E-state index contributed by atoms with van der Waals surface area (Å²) in [6.45, 7) is 11.5. The number of hydrogen-bond donors (Lipinski definition) is 0. The quantitative estimate of drug-likeness (QED) is 0.172. The minimum Gasteiger partial charge on any atom is -0.125 e. The number of alkyl halides is 1. The van der Waals surface area contributed by atoms with Crippen molar-refractivity contribution in [1.29, 1.82) is 0 Å². The van der Waals surface area contributed by atoms with Crippen molar-refractivity contribution in [3.05, 3.63) is 0 Å². The van der Waals surface area contributed by atoms with E-state index >= 15 is 0 Å². The molecule has 22 heavy (non-hydrogen) atoms. The van der Waals surface area contributed by atoms with Crippen molar-refractivity contribution in [2.75, 3.05) is 5.88 Å². The Labute approximate surface area is 153 Å². The molecule has 0 spiro atoms. The fraction of sp³-hybridized carbons (Fsp3) is 1.00. The third-order valence-electron chi connectivity index (χ3n) is 3.96. The molecule has 0 aromatic heterocycles. The molecule has 0 rings (SSSR count). The number of hydrogen-bond acceptors (Lipinski definition) is 2. The highest BCUT2D eigenvalue weighted by molar-refractivity contribution is 8.77. The smallest absolute Gasteiger partial charge is 0.0353 e. The van der Waals surface area contributed by atoms with Crippen LogP contribution in [0.3, 0.4) is 0 Å². The minimum atomic E-state index is 0.323. The summed E-state index contributed by atoms with van der Waals surface area (Å²) in [5.41, 5.74) is 0. The van der Waals surface area contributed by atoms with E-state index < -0.39 is 0 Å². The van der Waals surface area contributed by atoms with E-state index in [9.17, 15) is 0 Å². The summed E-state index contributed by atoms with van der Waals surface area (Å²) in [7, 11) is 4.06. The highest BCUT2D eigenvalue weighted by Gasteiger charge is 2.23. The van der Waals surface area contributed by atoms with Gasteiger partial charge in [0.2, 0.25) is 0 Å². The Hall–Kier alpha value is 0.990. The van der Waals surface area contributed by atoms with Gasteiger partial charge >= 0.3 is 0 Å². The molecule has 0 aliphatic heterocycles. The Balaban J connectivity index is 4.34. The molecule has 0 saturated heterocycles. The molecule has 0 heterocycles. The third-order valence-corrected chi connectivity index (χ3v) is 8.40.